The number of benzene rings is 2. The number of nitrogens with one attached hydrogen (secondary N) is 2. The Morgan fingerprint density at radius 2 is 1.77 bits per heavy atom. The summed E-state index contributed by atoms with van der Waals surface area (Å²) in [6, 6.07) is 11.3. The lowest BCUT2D eigenvalue weighted by molar-refractivity contribution is -0.116. The molecular formula is C24H21N3O4. The van der Waals surface area contributed by atoms with Crippen LogP contribution >= 0.6 is 0 Å². The molecule has 7 heteroatoms. The second-order valence-corrected chi connectivity index (χ2v) is 7.77. The Labute approximate surface area is 177 Å². The Bertz CT molecular complexity index is 1500. The van der Waals surface area contributed by atoms with E-state index in [9.17, 15) is 9.59 Å². The number of carbonyl (C=O) groups excluding carboxylic acids is 1. The van der Waals surface area contributed by atoms with Crippen LogP contribution in [0.5, 0.6) is 0 Å². The normalized spacial score (nSPS) is 11.6. The van der Waals surface area contributed by atoms with Crippen LogP contribution in [0.4, 0.5) is 5.95 Å². The number of anilines is 1. The Morgan fingerprint density at radius 1 is 1.03 bits per heavy atom. The maximum atomic E-state index is 12.6. The summed E-state index contributed by atoms with van der Waals surface area (Å²) in [5.41, 5.74) is 4.77. The summed E-state index contributed by atoms with van der Waals surface area (Å²) in [7, 11) is 0. The summed E-state index contributed by atoms with van der Waals surface area (Å²) in [5, 5.41) is 4.61. The third kappa shape index (κ3) is 3.28. The van der Waals surface area contributed by atoms with E-state index in [0.29, 0.717) is 22.7 Å². The molecule has 0 fully saturated rings. The Balaban J connectivity index is 1.41. The molecule has 0 saturated heterocycles. The smallest absolute Gasteiger partial charge is 0.339 e. The van der Waals surface area contributed by atoms with Gasteiger partial charge in [-0.05, 0) is 56.5 Å². The molecule has 7 nitrogen and oxygen atoms in total. The van der Waals surface area contributed by atoms with Crippen LogP contribution in [-0.2, 0) is 11.2 Å². The number of carbonyl (C=O) groups is 1. The second-order valence-electron chi connectivity index (χ2n) is 7.77. The van der Waals surface area contributed by atoms with E-state index in [2.05, 4.69) is 15.3 Å². The fraction of sp³-hybridized carbons (Fsp3) is 0.208. The number of furan rings is 1. The molecule has 3 heterocycles. The Morgan fingerprint density at radius 3 is 2.58 bits per heavy atom. The fourth-order valence-electron chi connectivity index (χ4n) is 3.96. The average molecular weight is 415 g/mol. The molecule has 1 amide bonds. The van der Waals surface area contributed by atoms with Crippen molar-refractivity contribution in [1.29, 1.82) is 0 Å². The van der Waals surface area contributed by atoms with E-state index in [1.807, 2.05) is 51.1 Å². The minimum absolute atomic E-state index is 0.139. The van der Waals surface area contributed by atoms with E-state index >= 15 is 0 Å². The van der Waals surface area contributed by atoms with Crippen LogP contribution in [0.1, 0.15) is 28.9 Å². The van der Waals surface area contributed by atoms with Gasteiger partial charge in [-0.15, -0.1) is 0 Å². The summed E-state index contributed by atoms with van der Waals surface area (Å²) in [5.74, 6) is 1.00. The first kappa shape index (κ1) is 19.1. The van der Waals surface area contributed by atoms with Crippen LogP contribution in [0.3, 0.4) is 0 Å². The number of imidazole rings is 1. The number of H-pyrrole nitrogens is 1. The molecule has 0 aliphatic heterocycles. The van der Waals surface area contributed by atoms with Crippen molar-refractivity contribution in [2.75, 3.05) is 5.32 Å². The highest BCUT2D eigenvalue weighted by molar-refractivity contribution is 5.97. The number of hydrogen-bond donors (Lipinski definition) is 2. The molecule has 2 aromatic carbocycles. The molecule has 3 aromatic heterocycles. The molecule has 0 aliphatic rings. The lowest BCUT2D eigenvalue weighted by Gasteiger charge is -2.08. The van der Waals surface area contributed by atoms with Crippen molar-refractivity contribution < 1.29 is 13.6 Å². The monoisotopic (exact) mass is 415 g/mol. The van der Waals surface area contributed by atoms with Gasteiger partial charge in [-0.25, -0.2) is 9.78 Å². The molecule has 0 bridgehead atoms. The van der Waals surface area contributed by atoms with Gasteiger partial charge in [0.25, 0.3) is 0 Å². The van der Waals surface area contributed by atoms with Crippen molar-refractivity contribution in [3.8, 4) is 0 Å². The van der Waals surface area contributed by atoms with Gasteiger partial charge >= 0.3 is 5.63 Å². The number of amides is 1. The van der Waals surface area contributed by atoms with E-state index in [4.69, 9.17) is 8.83 Å². The van der Waals surface area contributed by atoms with Crippen molar-refractivity contribution in [3.05, 3.63) is 69.3 Å². The third-order valence-corrected chi connectivity index (χ3v) is 5.83. The van der Waals surface area contributed by atoms with E-state index in [1.165, 1.54) is 0 Å². The molecule has 0 aliphatic carbocycles. The summed E-state index contributed by atoms with van der Waals surface area (Å²) in [6.07, 6.45) is 0.415. The minimum atomic E-state index is -0.430. The van der Waals surface area contributed by atoms with Crippen molar-refractivity contribution in [3.63, 3.8) is 0 Å². The predicted molar refractivity (Wildman–Crippen MR) is 120 cm³/mol. The number of rotatable bonds is 4. The van der Waals surface area contributed by atoms with Gasteiger partial charge < -0.3 is 13.8 Å². The third-order valence-electron chi connectivity index (χ3n) is 5.83. The SMILES string of the molecule is Cc1oc2cc3oc(=O)c(CCC(=O)Nc4nc5ccccc5[nH]4)c(C)c3cc2c1C. The standard InChI is InChI=1S/C24H21N3O4/c1-12-14(3)30-20-11-21-17(10-16(12)20)13(2)15(23(29)31-21)8-9-22(28)27-24-25-18-6-4-5-7-19(18)26-24/h4-7,10-11H,8-9H2,1-3H3,(H2,25,26,27,28). The van der Waals surface area contributed by atoms with E-state index in [1.54, 1.807) is 6.07 Å². The summed E-state index contributed by atoms with van der Waals surface area (Å²) in [4.78, 5) is 32.5. The number of nitrogens with zero attached hydrogens (tertiary/aromatic N) is 1. The van der Waals surface area contributed by atoms with Gasteiger partial charge in [-0.2, -0.15) is 0 Å². The number of aromatic amines is 1. The molecule has 0 radical (unpaired) electrons. The maximum Gasteiger partial charge on any atom is 0.339 e. The fourth-order valence-corrected chi connectivity index (χ4v) is 3.96. The van der Waals surface area contributed by atoms with E-state index in [-0.39, 0.29) is 18.7 Å². The van der Waals surface area contributed by atoms with Crippen LogP contribution in [-0.4, -0.2) is 15.9 Å². The zero-order valence-corrected chi connectivity index (χ0v) is 17.5. The van der Waals surface area contributed by atoms with Crippen LogP contribution in [0.25, 0.3) is 33.0 Å². The first-order valence-corrected chi connectivity index (χ1v) is 10.1. The number of aromatic nitrogens is 2. The average Bonchev–Trinajstić information content (AvgIpc) is 3.26. The lowest BCUT2D eigenvalue weighted by atomic mass is 10.0. The molecule has 0 spiro atoms. The summed E-state index contributed by atoms with van der Waals surface area (Å²) < 4.78 is 11.3. The lowest BCUT2D eigenvalue weighted by Crippen LogP contribution is -2.17. The zero-order valence-electron chi connectivity index (χ0n) is 17.5. The molecular weight excluding hydrogens is 394 g/mol. The predicted octanol–water partition coefficient (Wildman–Crippen LogP) is 4.91. The molecule has 31 heavy (non-hydrogen) atoms. The van der Waals surface area contributed by atoms with E-state index < -0.39 is 5.63 Å². The number of hydrogen-bond acceptors (Lipinski definition) is 5. The van der Waals surface area contributed by atoms with Gasteiger partial charge in [-0.3, -0.25) is 10.1 Å². The number of aryl methyl sites for hydroxylation is 3. The largest absolute Gasteiger partial charge is 0.461 e. The van der Waals surface area contributed by atoms with Gasteiger partial charge in [0, 0.05) is 28.8 Å². The first-order chi connectivity index (χ1) is 14.9. The number of fused-ring (bicyclic) bond motifs is 3. The minimum Gasteiger partial charge on any atom is -0.461 e. The topological polar surface area (TPSA) is 101 Å². The molecule has 2 N–H and O–H groups in total. The number of para-hydroxylation sites is 2. The van der Waals surface area contributed by atoms with Gasteiger partial charge in [0.1, 0.15) is 16.9 Å². The molecule has 0 saturated carbocycles. The molecule has 0 atom stereocenters. The molecule has 156 valence electrons. The highest BCUT2D eigenvalue weighted by atomic mass is 16.4. The van der Waals surface area contributed by atoms with Crippen LogP contribution in [0.2, 0.25) is 0 Å². The van der Waals surface area contributed by atoms with Crippen LogP contribution in [0, 0.1) is 20.8 Å². The quantitative estimate of drug-likeness (QED) is 0.406. The van der Waals surface area contributed by atoms with Crippen molar-refractivity contribution in [2.45, 2.75) is 33.6 Å². The maximum absolute atomic E-state index is 12.6. The summed E-state index contributed by atoms with van der Waals surface area (Å²) >= 11 is 0. The van der Waals surface area contributed by atoms with Gasteiger partial charge in [-0.1, -0.05) is 12.1 Å². The van der Waals surface area contributed by atoms with Crippen molar-refractivity contribution in [1.82, 2.24) is 9.97 Å². The Hall–Kier alpha value is -3.87. The summed E-state index contributed by atoms with van der Waals surface area (Å²) in [6.45, 7) is 5.81. The van der Waals surface area contributed by atoms with Gasteiger partial charge in [0.05, 0.1) is 11.0 Å². The van der Waals surface area contributed by atoms with Crippen LogP contribution in [0.15, 0.2) is 50.0 Å². The second kappa shape index (κ2) is 7.12. The molecule has 5 aromatic rings. The zero-order chi connectivity index (χ0) is 21.7. The molecule has 0 unspecified atom stereocenters. The highest BCUT2D eigenvalue weighted by Crippen LogP contribution is 2.31. The van der Waals surface area contributed by atoms with Crippen molar-refractivity contribution >= 4 is 44.8 Å². The van der Waals surface area contributed by atoms with E-state index in [0.717, 1.165) is 38.7 Å². The Kier molecular flexibility index (Phi) is 4.39. The molecule has 5 rings (SSSR count). The first-order valence-electron chi connectivity index (χ1n) is 10.1. The van der Waals surface area contributed by atoms with Gasteiger partial charge in [0.15, 0.2) is 0 Å². The highest BCUT2D eigenvalue weighted by Gasteiger charge is 2.16. The van der Waals surface area contributed by atoms with Crippen molar-refractivity contribution in [2.24, 2.45) is 0 Å². The van der Waals surface area contributed by atoms with Gasteiger partial charge in [0.2, 0.25) is 11.9 Å². The van der Waals surface area contributed by atoms with Crippen LogP contribution < -0.4 is 10.9 Å².